The van der Waals surface area contributed by atoms with Crippen LogP contribution in [0.15, 0.2) is 17.0 Å². The lowest BCUT2D eigenvalue weighted by molar-refractivity contribution is -0.126. The van der Waals surface area contributed by atoms with E-state index in [1.165, 1.54) is 0 Å². The van der Waals surface area contributed by atoms with Crippen LogP contribution in [0.1, 0.15) is 31.6 Å². The molecule has 0 saturated carbocycles. The second kappa shape index (κ2) is 5.37. The molecule has 1 aliphatic heterocycles. The van der Waals surface area contributed by atoms with Crippen LogP contribution in [0.4, 0.5) is 5.82 Å². The van der Waals surface area contributed by atoms with Crippen LogP contribution < -0.4 is 5.73 Å². The third-order valence-electron chi connectivity index (χ3n) is 3.61. The highest BCUT2D eigenvalue weighted by Crippen LogP contribution is 2.34. The van der Waals surface area contributed by atoms with E-state index in [-0.39, 0.29) is 11.9 Å². The van der Waals surface area contributed by atoms with Crippen molar-refractivity contribution >= 4 is 33.2 Å². The molecule has 0 aliphatic carbocycles. The molecule has 21 heavy (non-hydrogen) atoms. The van der Waals surface area contributed by atoms with Crippen LogP contribution >= 0.6 is 15.9 Å². The molecule has 1 aliphatic rings. The van der Waals surface area contributed by atoms with Gasteiger partial charge in [0.25, 0.3) is 5.91 Å². The summed E-state index contributed by atoms with van der Waals surface area (Å²) in [6.45, 7) is 2.36. The van der Waals surface area contributed by atoms with Gasteiger partial charge in [0.05, 0.1) is 6.04 Å². The van der Waals surface area contributed by atoms with Gasteiger partial charge in [0.1, 0.15) is 15.9 Å². The average Bonchev–Trinajstić information content (AvgIpc) is 3.04. The predicted molar refractivity (Wildman–Crippen MR) is 82.2 cm³/mol. The number of likely N-dealkylation sites (tertiary alicyclic amines) is 1. The van der Waals surface area contributed by atoms with Crippen molar-refractivity contribution in [2.75, 3.05) is 12.3 Å². The van der Waals surface area contributed by atoms with E-state index in [2.05, 4.69) is 37.7 Å². The Kier molecular flexibility index (Phi) is 3.55. The number of nitrogen functional groups attached to an aromatic ring is 1. The van der Waals surface area contributed by atoms with Gasteiger partial charge >= 0.3 is 0 Å². The second-order valence-electron chi connectivity index (χ2n) is 4.82. The van der Waals surface area contributed by atoms with Crippen LogP contribution in [-0.4, -0.2) is 31.7 Å². The fourth-order valence-corrected chi connectivity index (χ4v) is 3.31. The van der Waals surface area contributed by atoms with Gasteiger partial charge in [-0.2, -0.15) is 0 Å². The molecular weight excluding hydrogens is 334 g/mol. The standard InChI is InChI=1S/C14H14BrN5O/c1-2-4-10(21)19-7-3-5-9(19)14-18-12(15)11-13(16)17-6-8-20(11)14/h6,8-9H,3,5,7H2,1H3,(H2,16,17)/t9-/m0/s1. The number of imidazole rings is 1. The maximum absolute atomic E-state index is 12.1. The molecule has 0 bridgehead atoms. The van der Waals surface area contributed by atoms with Gasteiger partial charge in [0.2, 0.25) is 0 Å². The fourth-order valence-electron chi connectivity index (χ4n) is 2.73. The number of carbonyl (C=O) groups excluding carboxylic acids is 1. The maximum atomic E-state index is 12.1. The van der Waals surface area contributed by atoms with Crippen molar-refractivity contribution < 1.29 is 4.79 Å². The molecule has 0 spiro atoms. The van der Waals surface area contributed by atoms with Gasteiger partial charge in [0, 0.05) is 18.9 Å². The topological polar surface area (TPSA) is 76.5 Å². The van der Waals surface area contributed by atoms with Crippen molar-refractivity contribution in [2.45, 2.75) is 25.8 Å². The third kappa shape index (κ3) is 2.25. The molecule has 1 atom stereocenters. The van der Waals surface area contributed by atoms with Gasteiger partial charge < -0.3 is 10.6 Å². The molecule has 1 fully saturated rings. The summed E-state index contributed by atoms with van der Waals surface area (Å²) >= 11 is 3.42. The third-order valence-corrected chi connectivity index (χ3v) is 4.16. The Labute approximate surface area is 130 Å². The molecule has 2 aromatic heterocycles. The molecule has 6 nitrogen and oxygen atoms in total. The van der Waals surface area contributed by atoms with Gasteiger partial charge in [-0.3, -0.25) is 9.20 Å². The minimum absolute atomic E-state index is 0.0843. The van der Waals surface area contributed by atoms with E-state index in [1.807, 2.05) is 10.6 Å². The summed E-state index contributed by atoms with van der Waals surface area (Å²) in [4.78, 5) is 22.5. The van der Waals surface area contributed by atoms with Crippen LogP contribution in [-0.2, 0) is 4.79 Å². The molecule has 0 radical (unpaired) electrons. The number of amides is 1. The number of nitrogens with two attached hydrogens (primary N) is 1. The number of nitrogens with zero attached hydrogens (tertiary/aromatic N) is 4. The molecule has 1 amide bonds. The van der Waals surface area contributed by atoms with Crippen molar-refractivity contribution in [2.24, 2.45) is 0 Å². The molecule has 2 aromatic rings. The van der Waals surface area contributed by atoms with Crippen LogP contribution in [0, 0.1) is 11.8 Å². The van der Waals surface area contributed by atoms with Gasteiger partial charge in [-0.25, -0.2) is 9.97 Å². The lowest BCUT2D eigenvalue weighted by Crippen LogP contribution is -2.30. The number of fused-ring (bicyclic) bond motifs is 1. The summed E-state index contributed by atoms with van der Waals surface area (Å²) in [6.07, 6.45) is 5.25. The van der Waals surface area contributed by atoms with Crippen LogP contribution in [0.5, 0.6) is 0 Å². The first-order chi connectivity index (χ1) is 10.1. The SMILES string of the molecule is CC#CC(=O)N1CCC[C@H]1c1nc(Br)c2c(N)nccn12. The summed E-state index contributed by atoms with van der Waals surface area (Å²) < 4.78 is 2.53. The summed E-state index contributed by atoms with van der Waals surface area (Å²) in [7, 11) is 0. The van der Waals surface area contributed by atoms with Gasteiger partial charge in [0.15, 0.2) is 5.82 Å². The lowest BCUT2D eigenvalue weighted by atomic mass is 10.2. The first kappa shape index (κ1) is 13.9. The highest BCUT2D eigenvalue weighted by Gasteiger charge is 2.33. The van der Waals surface area contributed by atoms with Crippen molar-refractivity contribution in [3.63, 3.8) is 0 Å². The number of aromatic nitrogens is 3. The number of hydrogen-bond donors (Lipinski definition) is 1. The van der Waals surface area contributed by atoms with Crippen molar-refractivity contribution in [1.29, 1.82) is 0 Å². The molecule has 2 N–H and O–H groups in total. The Morgan fingerprint density at radius 3 is 3.14 bits per heavy atom. The zero-order chi connectivity index (χ0) is 15.0. The molecule has 0 unspecified atom stereocenters. The monoisotopic (exact) mass is 347 g/mol. The number of anilines is 1. The Balaban J connectivity index is 2.09. The number of rotatable bonds is 1. The number of carbonyl (C=O) groups is 1. The Hall–Kier alpha value is -2.07. The summed E-state index contributed by atoms with van der Waals surface area (Å²) in [5, 5.41) is 0. The smallest absolute Gasteiger partial charge is 0.299 e. The highest BCUT2D eigenvalue weighted by molar-refractivity contribution is 9.10. The molecular formula is C14H14BrN5O. The van der Waals surface area contributed by atoms with Gasteiger partial charge in [-0.05, 0) is 41.6 Å². The molecule has 3 rings (SSSR count). The minimum atomic E-state index is -0.157. The Morgan fingerprint density at radius 1 is 1.57 bits per heavy atom. The normalized spacial score (nSPS) is 17.8. The van der Waals surface area contributed by atoms with Crippen LogP contribution in [0.25, 0.3) is 5.52 Å². The quantitative estimate of drug-likeness (QED) is 0.797. The fraction of sp³-hybridized carbons (Fsp3) is 0.357. The molecule has 0 aromatic carbocycles. The van der Waals surface area contributed by atoms with Crippen molar-refractivity contribution in [3.05, 3.63) is 22.8 Å². The van der Waals surface area contributed by atoms with E-state index in [1.54, 1.807) is 18.0 Å². The predicted octanol–water partition coefficient (Wildman–Crippen LogP) is 1.76. The first-order valence-corrected chi connectivity index (χ1v) is 7.44. The summed E-state index contributed by atoms with van der Waals surface area (Å²) in [6, 6.07) is -0.0843. The largest absolute Gasteiger partial charge is 0.382 e. The van der Waals surface area contributed by atoms with Crippen LogP contribution in [0.3, 0.4) is 0 Å². The van der Waals surface area contributed by atoms with Crippen molar-refractivity contribution in [1.82, 2.24) is 19.3 Å². The van der Waals surface area contributed by atoms with E-state index in [9.17, 15) is 4.79 Å². The van der Waals surface area contributed by atoms with E-state index >= 15 is 0 Å². The zero-order valence-electron chi connectivity index (χ0n) is 11.5. The van der Waals surface area contributed by atoms with Gasteiger partial charge in [-0.1, -0.05) is 5.92 Å². The summed E-state index contributed by atoms with van der Waals surface area (Å²) in [5.74, 6) is 6.30. The maximum Gasteiger partial charge on any atom is 0.299 e. The highest BCUT2D eigenvalue weighted by atomic mass is 79.9. The second-order valence-corrected chi connectivity index (χ2v) is 5.57. The summed E-state index contributed by atoms with van der Waals surface area (Å²) in [5.41, 5.74) is 6.64. The van der Waals surface area contributed by atoms with Gasteiger partial charge in [-0.15, -0.1) is 0 Å². The lowest BCUT2D eigenvalue weighted by Gasteiger charge is -2.21. The number of halogens is 1. The van der Waals surface area contributed by atoms with E-state index in [0.29, 0.717) is 17.0 Å². The molecule has 3 heterocycles. The van der Waals surface area contributed by atoms with Crippen LogP contribution in [0.2, 0.25) is 0 Å². The zero-order valence-corrected chi connectivity index (χ0v) is 13.1. The van der Waals surface area contributed by atoms with Crippen molar-refractivity contribution in [3.8, 4) is 11.8 Å². The van der Waals surface area contributed by atoms with E-state index in [4.69, 9.17) is 5.73 Å². The Morgan fingerprint density at radius 2 is 2.38 bits per heavy atom. The minimum Gasteiger partial charge on any atom is -0.382 e. The number of hydrogen-bond acceptors (Lipinski definition) is 4. The average molecular weight is 348 g/mol. The molecule has 7 heteroatoms. The first-order valence-electron chi connectivity index (χ1n) is 6.64. The van der Waals surface area contributed by atoms with E-state index in [0.717, 1.165) is 24.2 Å². The molecule has 1 saturated heterocycles. The Bertz CT molecular complexity index is 773. The molecule has 108 valence electrons. The van der Waals surface area contributed by atoms with E-state index < -0.39 is 0 Å².